The molecule has 0 fully saturated rings. The largest absolute Gasteiger partial charge is 0.385 e. The van der Waals surface area contributed by atoms with Gasteiger partial charge in [-0.1, -0.05) is 48.9 Å². The zero-order valence-corrected chi connectivity index (χ0v) is 11.1. The van der Waals surface area contributed by atoms with Crippen LogP contribution in [0.5, 0.6) is 0 Å². The summed E-state index contributed by atoms with van der Waals surface area (Å²) in [6, 6.07) is 11.6. The average molecular weight is 262 g/mol. The van der Waals surface area contributed by atoms with Gasteiger partial charge in [-0.25, -0.2) is 0 Å². The number of aromatic nitrogens is 1. The molecule has 2 nitrogen and oxygen atoms in total. The smallest absolute Gasteiger partial charge is 0.0934 e. The van der Waals surface area contributed by atoms with E-state index in [0.717, 1.165) is 11.1 Å². The predicted octanol–water partition coefficient (Wildman–Crippen LogP) is 3.58. The lowest BCUT2D eigenvalue weighted by Crippen LogP contribution is -2.27. The number of nitrogens with zero attached hydrogens (tertiary/aromatic N) is 1. The van der Waals surface area contributed by atoms with Crippen LogP contribution in [0.2, 0.25) is 5.02 Å². The summed E-state index contributed by atoms with van der Waals surface area (Å²) >= 11 is 6.10. The van der Waals surface area contributed by atoms with Crippen LogP contribution >= 0.6 is 11.6 Å². The average Bonchev–Trinajstić information content (AvgIpc) is 2.42. The van der Waals surface area contributed by atoms with Crippen molar-refractivity contribution in [2.24, 2.45) is 0 Å². The molecule has 2 rings (SSSR count). The lowest BCUT2D eigenvalue weighted by Gasteiger charge is -2.27. The third-order valence-corrected chi connectivity index (χ3v) is 3.58. The molecule has 0 aliphatic rings. The van der Waals surface area contributed by atoms with Gasteiger partial charge in [-0.15, -0.1) is 0 Å². The topological polar surface area (TPSA) is 33.1 Å². The second kappa shape index (κ2) is 5.51. The van der Waals surface area contributed by atoms with Gasteiger partial charge in [0.2, 0.25) is 0 Å². The van der Waals surface area contributed by atoms with E-state index in [1.165, 1.54) is 0 Å². The third-order valence-electron chi connectivity index (χ3n) is 3.24. The lowest BCUT2D eigenvalue weighted by atomic mass is 9.85. The second-order valence-electron chi connectivity index (χ2n) is 4.40. The number of benzene rings is 1. The minimum Gasteiger partial charge on any atom is -0.385 e. The first-order valence-electron chi connectivity index (χ1n) is 6.02. The van der Waals surface area contributed by atoms with Gasteiger partial charge < -0.3 is 5.11 Å². The molecule has 1 heterocycles. The van der Waals surface area contributed by atoms with Crippen molar-refractivity contribution in [3.05, 3.63) is 64.9 Å². The van der Waals surface area contributed by atoms with Gasteiger partial charge in [-0.05, 0) is 23.6 Å². The number of halogens is 1. The molecule has 1 unspecified atom stereocenters. The van der Waals surface area contributed by atoms with Crippen LogP contribution in [0.4, 0.5) is 0 Å². The van der Waals surface area contributed by atoms with Crippen LogP contribution in [0.1, 0.15) is 24.5 Å². The van der Waals surface area contributed by atoms with E-state index in [-0.39, 0.29) is 0 Å². The van der Waals surface area contributed by atoms with Crippen LogP contribution in [0, 0.1) is 0 Å². The second-order valence-corrected chi connectivity index (χ2v) is 4.80. The highest BCUT2D eigenvalue weighted by Crippen LogP contribution is 2.31. The Bertz CT molecular complexity index is 515. The maximum Gasteiger partial charge on any atom is 0.0934 e. The van der Waals surface area contributed by atoms with E-state index >= 15 is 0 Å². The Morgan fingerprint density at radius 3 is 2.56 bits per heavy atom. The SMILES string of the molecule is CCC(O)(Cc1ccncc1Cl)c1ccccc1. The van der Waals surface area contributed by atoms with E-state index < -0.39 is 5.60 Å². The highest BCUT2D eigenvalue weighted by Gasteiger charge is 2.28. The third kappa shape index (κ3) is 2.71. The van der Waals surface area contributed by atoms with E-state index in [2.05, 4.69) is 4.98 Å². The molecule has 1 aromatic carbocycles. The van der Waals surface area contributed by atoms with Crippen LogP contribution in [-0.4, -0.2) is 10.1 Å². The van der Waals surface area contributed by atoms with Gasteiger partial charge in [0, 0.05) is 18.8 Å². The monoisotopic (exact) mass is 261 g/mol. The molecule has 1 N–H and O–H groups in total. The Hall–Kier alpha value is -1.38. The van der Waals surface area contributed by atoms with Crippen LogP contribution in [0.25, 0.3) is 0 Å². The zero-order chi connectivity index (χ0) is 13.0. The molecule has 1 atom stereocenters. The molecular weight excluding hydrogens is 246 g/mol. The molecule has 94 valence electrons. The van der Waals surface area contributed by atoms with Gasteiger partial charge >= 0.3 is 0 Å². The number of hydrogen-bond acceptors (Lipinski definition) is 2. The molecule has 0 radical (unpaired) electrons. The maximum atomic E-state index is 10.8. The molecule has 1 aromatic heterocycles. The predicted molar refractivity (Wildman–Crippen MR) is 73.6 cm³/mol. The highest BCUT2D eigenvalue weighted by atomic mass is 35.5. The van der Waals surface area contributed by atoms with Crippen LogP contribution in [0.15, 0.2) is 48.8 Å². The Balaban J connectivity index is 2.32. The molecule has 3 heteroatoms. The normalized spacial score (nSPS) is 14.2. The van der Waals surface area contributed by atoms with Gasteiger partial charge in [-0.3, -0.25) is 4.98 Å². The van der Waals surface area contributed by atoms with Crippen molar-refractivity contribution in [1.29, 1.82) is 0 Å². The first-order valence-corrected chi connectivity index (χ1v) is 6.40. The Labute approximate surface area is 112 Å². The molecule has 0 aliphatic heterocycles. The molecule has 0 amide bonds. The first kappa shape index (κ1) is 13.1. The molecule has 0 saturated heterocycles. The van der Waals surface area contributed by atoms with Crippen LogP contribution < -0.4 is 0 Å². The van der Waals surface area contributed by atoms with Crippen molar-refractivity contribution in [3.63, 3.8) is 0 Å². The van der Waals surface area contributed by atoms with Gasteiger partial charge in [0.25, 0.3) is 0 Å². The molecule has 18 heavy (non-hydrogen) atoms. The summed E-state index contributed by atoms with van der Waals surface area (Å²) in [4.78, 5) is 3.96. The van der Waals surface area contributed by atoms with Crippen molar-refractivity contribution < 1.29 is 5.11 Å². The van der Waals surface area contributed by atoms with Crippen LogP contribution in [-0.2, 0) is 12.0 Å². The van der Waals surface area contributed by atoms with Gasteiger partial charge in [-0.2, -0.15) is 0 Å². The van der Waals surface area contributed by atoms with E-state index in [1.54, 1.807) is 12.4 Å². The summed E-state index contributed by atoms with van der Waals surface area (Å²) < 4.78 is 0. The minimum atomic E-state index is -0.883. The fraction of sp³-hybridized carbons (Fsp3) is 0.267. The first-order chi connectivity index (χ1) is 8.65. The maximum absolute atomic E-state index is 10.8. The molecule has 0 saturated carbocycles. The minimum absolute atomic E-state index is 0.495. The van der Waals surface area contributed by atoms with E-state index in [0.29, 0.717) is 17.9 Å². The summed E-state index contributed by atoms with van der Waals surface area (Å²) in [7, 11) is 0. The molecule has 2 aromatic rings. The standard InChI is InChI=1S/C15H16ClNO/c1-2-15(18,13-6-4-3-5-7-13)10-12-8-9-17-11-14(12)16/h3-9,11,18H,2,10H2,1H3. The Kier molecular flexibility index (Phi) is 4.00. The van der Waals surface area contributed by atoms with E-state index in [4.69, 9.17) is 11.6 Å². The number of pyridine rings is 1. The van der Waals surface area contributed by atoms with Gasteiger partial charge in [0.15, 0.2) is 0 Å². The van der Waals surface area contributed by atoms with Crippen molar-refractivity contribution in [1.82, 2.24) is 4.98 Å². The van der Waals surface area contributed by atoms with Crippen molar-refractivity contribution in [3.8, 4) is 0 Å². The van der Waals surface area contributed by atoms with E-state index in [1.807, 2.05) is 43.3 Å². The fourth-order valence-electron chi connectivity index (χ4n) is 2.04. The summed E-state index contributed by atoms with van der Waals surface area (Å²) in [6.45, 7) is 1.97. The fourth-order valence-corrected chi connectivity index (χ4v) is 2.23. The van der Waals surface area contributed by atoms with E-state index in [9.17, 15) is 5.11 Å². The van der Waals surface area contributed by atoms with Gasteiger partial charge in [0.1, 0.15) is 0 Å². The lowest BCUT2D eigenvalue weighted by molar-refractivity contribution is 0.0327. The summed E-state index contributed by atoms with van der Waals surface area (Å²) in [6.07, 6.45) is 4.44. The van der Waals surface area contributed by atoms with Crippen molar-refractivity contribution in [2.45, 2.75) is 25.4 Å². The number of aliphatic hydroxyl groups is 1. The Morgan fingerprint density at radius 2 is 1.94 bits per heavy atom. The number of rotatable bonds is 4. The summed E-state index contributed by atoms with van der Waals surface area (Å²) in [5.41, 5.74) is 0.951. The molecule has 0 spiro atoms. The van der Waals surface area contributed by atoms with Crippen LogP contribution in [0.3, 0.4) is 0 Å². The number of hydrogen-bond donors (Lipinski definition) is 1. The Morgan fingerprint density at radius 1 is 1.22 bits per heavy atom. The van der Waals surface area contributed by atoms with Gasteiger partial charge in [0.05, 0.1) is 10.6 Å². The quantitative estimate of drug-likeness (QED) is 0.913. The zero-order valence-electron chi connectivity index (χ0n) is 10.3. The molecular formula is C15H16ClNO. The summed E-state index contributed by atoms with van der Waals surface area (Å²) in [5.74, 6) is 0. The highest BCUT2D eigenvalue weighted by molar-refractivity contribution is 6.31. The van der Waals surface area contributed by atoms with Crippen molar-refractivity contribution in [2.75, 3.05) is 0 Å². The molecule has 0 bridgehead atoms. The summed E-state index contributed by atoms with van der Waals surface area (Å²) in [5, 5.41) is 11.4. The molecule has 0 aliphatic carbocycles. The van der Waals surface area contributed by atoms with Crippen molar-refractivity contribution >= 4 is 11.6 Å².